The molecule has 0 saturated carbocycles. The molecule has 0 rings (SSSR count). The summed E-state index contributed by atoms with van der Waals surface area (Å²) in [5.74, 6) is -0.341. The second-order valence-corrected chi connectivity index (χ2v) is 3.46. The molecule has 6 nitrogen and oxygen atoms in total. The Morgan fingerprint density at radius 3 is 2.00 bits per heavy atom. The molecule has 0 aromatic heterocycles. The van der Waals surface area contributed by atoms with E-state index in [0.717, 1.165) is 0 Å². The Kier molecular flexibility index (Phi) is 6.42. The maximum absolute atomic E-state index is 10.5. The van der Waals surface area contributed by atoms with Gasteiger partial charge in [-0.1, -0.05) is 6.92 Å². The molecule has 0 heterocycles. The lowest BCUT2D eigenvalue weighted by Crippen LogP contribution is -2.48. The highest BCUT2D eigenvalue weighted by atomic mass is 16.4. The molecule has 5 N–H and O–H groups in total. The Labute approximate surface area is 88.5 Å². The number of carbonyl (C=O) groups is 1. The third kappa shape index (κ3) is 5.08. The monoisotopic (exact) mass is 221 g/mol. The number of hydrogen-bond donors (Lipinski definition) is 5. The number of hydrogen-bond acceptors (Lipinski definition) is 5. The van der Waals surface area contributed by atoms with Crippen molar-refractivity contribution in [3.8, 4) is 0 Å². The van der Waals surface area contributed by atoms with Gasteiger partial charge in [-0.25, -0.2) is 0 Å². The van der Waals surface area contributed by atoms with Gasteiger partial charge in [-0.2, -0.15) is 0 Å². The predicted molar refractivity (Wildman–Crippen MR) is 53.0 cm³/mol. The van der Waals surface area contributed by atoms with E-state index in [0.29, 0.717) is 0 Å². The van der Waals surface area contributed by atoms with Gasteiger partial charge in [0.05, 0.1) is 12.2 Å². The molecule has 0 aromatic carbocycles. The van der Waals surface area contributed by atoms with Crippen LogP contribution in [-0.2, 0) is 4.79 Å². The first-order chi connectivity index (χ1) is 6.90. The first kappa shape index (κ1) is 14.3. The lowest BCUT2D eigenvalue weighted by molar-refractivity contribution is -0.122. The zero-order chi connectivity index (χ0) is 12.0. The summed E-state index contributed by atoms with van der Waals surface area (Å²) < 4.78 is 0. The minimum Gasteiger partial charge on any atom is -0.390 e. The summed E-state index contributed by atoms with van der Waals surface area (Å²) in [6.45, 7) is 2.75. The minimum atomic E-state index is -1.48. The standard InChI is InChI=1S/C9H19NO5/c1-3-6(12)8(14)9(15)7(13)4-10-5(2)11/h6-9,12-15H,3-4H2,1-2H3,(H,10,11). The van der Waals surface area contributed by atoms with E-state index in [-0.39, 0.29) is 18.9 Å². The molecule has 15 heavy (non-hydrogen) atoms. The summed E-state index contributed by atoms with van der Waals surface area (Å²) in [7, 11) is 0. The fraction of sp³-hybridized carbons (Fsp3) is 0.889. The van der Waals surface area contributed by atoms with Gasteiger partial charge in [0, 0.05) is 13.5 Å². The van der Waals surface area contributed by atoms with Crippen LogP contribution in [0.2, 0.25) is 0 Å². The van der Waals surface area contributed by atoms with Gasteiger partial charge in [0.25, 0.3) is 0 Å². The first-order valence-electron chi connectivity index (χ1n) is 4.86. The Bertz CT molecular complexity index is 199. The fourth-order valence-corrected chi connectivity index (χ4v) is 1.07. The smallest absolute Gasteiger partial charge is 0.216 e. The van der Waals surface area contributed by atoms with Gasteiger partial charge in [-0.05, 0) is 6.42 Å². The molecule has 0 saturated heterocycles. The van der Waals surface area contributed by atoms with Gasteiger partial charge >= 0.3 is 0 Å². The van der Waals surface area contributed by atoms with Crippen LogP contribution in [0.15, 0.2) is 0 Å². The van der Waals surface area contributed by atoms with Crippen molar-refractivity contribution >= 4 is 5.91 Å². The van der Waals surface area contributed by atoms with E-state index < -0.39 is 24.4 Å². The van der Waals surface area contributed by atoms with Gasteiger partial charge in [0.1, 0.15) is 12.2 Å². The van der Waals surface area contributed by atoms with Crippen LogP contribution in [0.5, 0.6) is 0 Å². The quantitative estimate of drug-likeness (QED) is 0.355. The molecule has 90 valence electrons. The normalized spacial score (nSPS) is 19.1. The van der Waals surface area contributed by atoms with Crippen LogP contribution in [0.3, 0.4) is 0 Å². The average Bonchev–Trinajstić information content (AvgIpc) is 2.22. The SMILES string of the molecule is CCC(O)C(O)C(O)C(O)CNC(C)=O. The van der Waals surface area contributed by atoms with Gasteiger partial charge in [0.2, 0.25) is 5.91 Å². The second kappa shape index (κ2) is 6.73. The van der Waals surface area contributed by atoms with Gasteiger partial charge in [-0.15, -0.1) is 0 Å². The summed E-state index contributed by atoms with van der Waals surface area (Å²) >= 11 is 0. The van der Waals surface area contributed by atoms with E-state index in [1.807, 2.05) is 0 Å². The van der Waals surface area contributed by atoms with E-state index >= 15 is 0 Å². The molecule has 4 atom stereocenters. The number of nitrogens with one attached hydrogen (secondary N) is 1. The van der Waals surface area contributed by atoms with Crippen molar-refractivity contribution in [2.45, 2.75) is 44.7 Å². The Balaban J connectivity index is 4.06. The minimum absolute atomic E-state index is 0.163. The van der Waals surface area contributed by atoms with Crippen molar-refractivity contribution in [2.75, 3.05) is 6.54 Å². The van der Waals surface area contributed by atoms with Crippen molar-refractivity contribution < 1.29 is 25.2 Å². The largest absolute Gasteiger partial charge is 0.390 e. The summed E-state index contributed by atoms with van der Waals surface area (Å²) in [5, 5.41) is 39.6. The fourth-order valence-electron chi connectivity index (χ4n) is 1.07. The molecule has 4 unspecified atom stereocenters. The van der Waals surface area contributed by atoms with Gasteiger partial charge < -0.3 is 25.7 Å². The Morgan fingerprint density at radius 2 is 1.60 bits per heavy atom. The van der Waals surface area contributed by atoms with Gasteiger partial charge in [-0.3, -0.25) is 4.79 Å². The summed E-state index contributed by atoms with van der Waals surface area (Å²) in [4.78, 5) is 10.5. The van der Waals surface area contributed by atoms with E-state index in [1.165, 1.54) is 6.92 Å². The third-order valence-electron chi connectivity index (χ3n) is 2.12. The average molecular weight is 221 g/mol. The number of aliphatic hydroxyl groups excluding tert-OH is 4. The highest BCUT2D eigenvalue weighted by Crippen LogP contribution is 2.07. The van der Waals surface area contributed by atoms with Crippen LogP contribution in [0.1, 0.15) is 20.3 Å². The van der Waals surface area contributed by atoms with Crippen LogP contribution in [0.4, 0.5) is 0 Å². The third-order valence-corrected chi connectivity index (χ3v) is 2.12. The summed E-state index contributed by atoms with van der Waals surface area (Å²) in [6.07, 6.45) is -5.02. The molecule has 6 heteroatoms. The van der Waals surface area contributed by atoms with Crippen molar-refractivity contribution in [3.63, 3.8) is 0 Å². The molecule has 0 aromatic rings. The maximum Gasteiger partial charge on any atom is 0.216 e. The van der Waals surface area contributed by atoms with Crippen molar-refractivity contribution in [3.05, 3.63) is 0 Å². The van der Waals surface area contributed by atoms with Crippen LogP contribution < -0.4 is 5.32 Å². The zero-order valence-electron chi connectivity index (χ0n) is 8.92. The second-order valence-electron chi connectivity index (χ2n) is 3.46. The molecule has 0 bridgehead atoms. The van der Waals surface area contributed by atoms with E-state index in [1.54, 1.807) is 6.92 Å². The molecule has 0 aliphatic rings. The number of amides is 1. The topological polar surface area (TPSA) is 110 Å². The molecule has 0 aliphatic heterocycles. The highest BCUT2D eigenvalue weighted by molar-refractivity contribution is 5.72. The molecule has 1 amide bonds. The van der Waals surface area contributed by atoms with Crippen LogP contribution in [0.25, 0.3) is 0 Å². The van der Waals surface area contributed by atoms with Crippen molar-refractivity contribution in [1.29, 1.82) is 0 Å². The molecule has 0 radical (unpaired) electrons. The van der Waals surface area contributed by atoms with Crippen molar-refractivity contribution in [1.82, 2.24) is 5.32 Å². The van der Waals surface area contributed by atoms with E-state index in [9.17, 15) is 25.2 Å². The maximum atomic E-state index is 10.5. The lowest BCUT2D eigenvalue weighted by Gasteiger charge is -2.25. The van der Waals surface area contributed by atoms with Crippen LogP contribution >= 0.6 is 0 Å². The Hall–Kier alpha value is -0.690. The molecular formula is C9H19NO5. The lowest BCUT2D eigenvalue weighted by atomic mass is 10.0. The van der Waals surface area contributed by atoms with Gasteiger partial charge in [0.15, 0.2) is 0 Å². The predicted octanol–water partition coefficient (Wildman–Crippen LogP) is -2.02. The van der Waals surface area contributed by atoms with E-state index in [4.69, 9.17) is 0 Å². The molecule has 0 fully saturated rings. The number of aliphatic hydroxyl groups is 4. The summed E-state index contributed by atoms with van der Waals surface area (Å²) in [5.41, 5.74) is 0. The summed E-state index contributed by atoms with van der Waals surface area (Å²) in [6, 6.07) is 0. The van der Waals surface area contributed by atoms with Crippen molar-refractivity contribution in [2.24, 2.45) is 0 Å². The molecule has 0 aliphatic carbocycles. The highest BCUT2D eigenvalue weighted by Gasteiger charge is 2.29. The number of carbonyl (C=O) groups excluding carboxylic acids is 1. The van der Waals surface area contributed by atoms with Crippen LogP contribution in [0, 0.1) is 0 Å². The zero-order valence-corrected chi connectivity index (χ0v) is 8.92. The molecular weight excluding hydrogens is 202 g/mol. The first-order valence-corrected chi connectivity index (χ1v) is 4.86. The number of rotatable bonds is 6. The molecule has 0 spiro atoms. The van der Waals surface area contributed by atoms with Crippen LogP contribution in [-0.4, -0.2) is 57.3 Å². The van der Waals surface area contributed by atoms with E-state index in [2.05, 4.69) is 5.32 Å². The Morgan fingerprint density at radius 1 is 1.13 bits per heavy atom.